The van der Waals surface area contributed by atoms with Crippen LogP contribution in [0, 0.1) is 5.41 Å². The lowest BCUT2D eigenvalue weighted by atomic mass is 9.90. The summed E-state index contributed by atoms with van der Waals surface area (Å²) >= 11 is 0. The molecule has 44 heavy (non-hydrogen) atoms. The summed E-state index contributed by atoms with van der Waals surface area (Å²) < 4.78 is 12.8. The number of hydrogen-bond donors (Lipinski definition) is 2. The lowest BCUT2D eigenvalue weighted by Gasteiger charge is -2.26. The highest BCUT2D eigenvalue weighted by molar-refractivity contribution is 6.38. The Morgan fingerprint density at radius 3 is 2.39 bits per heavy atom. The topological polar surface area (TPSA) is 145 Å². The molecule has 234 valence electrons. The number of benzene rings is 2. The zero-order valence-electron chi connectivity index (χ0n) is 25.6. The van der Waals surface area contributed by atoms with Crippen molar-refractivity contribution in [2.24, 2.45) is 5.41 Å². The van der Waals surface area contributed by atoms with E-state index in [9.17, 15) is 19.2 Å². The van der Waals surface area contributed by atoms with Crippen LogP contribution in [0.1, 0.15) is 64.3 Å². The molecule has 0 radical (unpaired) electrons. The monoisotopic (exact) mass is 604 g/mol. The Bertz CT molecular complexity index is 1430. The van der Waals surface area contributed by atoms with Gasteiger partial charge in [0.05, 0.1) is 24.5 Å². The van der Waals surface area contributed by atoms with Gasteiger partial charge < -0.3 is 25.0 Å². The molecule has 1 fully saturated rings. The summed E-state index contributed by atoms with van der Waals surface area (Å²) in [6, 6.07) is 17.3. The van der Waals surface area contributed by atoms with Crippen LogP contribution in [0.4, 0.5) is 9.59 Å². The molecule has 0 spiro atoms. The highest BCUT2D eigenvalue weighted by Gasteiger charge is 2.45. The largest absolute Gasteiger partial charge is 0.444 e. The number of carbonyl (C=O) groups excluding carboxylic acids is 4. The first kappa shape index (κ1) is 32.2. The van der Waals surface area contributed by atoms with E-state index < -0.39 is 41.4 Å². The van der Waals surface area contributed by atoms with Crippen LogP contribution in [0.15, 0.2) is 66.9 Å². The molecule has 2 aromatic carbocycles. The fraction of sp³-hybridized carbons (Fsp3) is 0.438. The Morgan fingerprint density at radius 2 is 1.70 bits per heavy atom. The molecular formula is C32H40N6O6. The standard InChI is InChI=1S/C32H40N6O6/c1-5-6-17-26(28(39)29(40)33-22(2)23-13-9-7-10-14-23)34-30(41)44-27-19-37(21-32(27,3)4)31(42)43-20-24-18-38(36-35-24)25-15-11-8-12-16-25/h7-16,18,22,26-27H,5-6,17,19-21H2,1-4H3,(H,33,40)(H,34,41)/t22-,26+,27+/m1/s1. The second-order valence-corrected chi connectivity index (χ2v) is 11.6. The SMILES string of the molecule is CCCC[C@H](NC(=O)O[C@H]1CN(C(=O)OCc2cn(-c3ccccc3)nn2)CC1(C)C)C(=O)C(=O)N[C@H](C)c1ccccc1. The van der Waals surface area contributed by atoms with Gasteiger partial charge in [0.25, 0.3) is 5.91 Å². The smallest absolute Gasteiger partial charge is 0.410 e. The molecule has 2 N–H and O–H groups in total. The van der Waals surface area contributed by atoms with Crippen LogP contribution in [0.25, 0.3) is 5.69 Å². The molecule has 12 nitrogen and oxygen atoms in total. The molecule has 0 bridgehead atoms. The first-order valence-corrected chi connectivity index (χ1v) is 14.8. The molecular weight excluding hydrogens is 564 g/mol. The van der Waals surface area contributed by atoms with E-state index in [-0.39, 0.29) is 19.2 Å². The summed E-state index contributed by atoms with van der Waals surface area (Å²) in [5.41, 5.74) is 1.59. The summed E-state index contributed by atoms with van der Waals surface area (Å²) in [5.74, 6) is -1.51. The molecule has 1 saturated heterocycles. The minimum absolute atomic E-state index is 0.0687. The van der Waals surface area contributed by atoms with Crippen molar-refractivity contribution in [1.82, 2.24) is 30.5 Å². The van der Waals surface area contributed by atoms with Crippen molar-refractivity contribution in [3.8, 4) is 5.69 Å². The van der Waals surface area contributed by atoms with E-state index in [2.05, 4.69) is 20.9 Å². The van der Waals surface area contributed by atoms with Gasteiger partial charge >= 0.3 is 12.2 Å². The van der Waals surface area contributed by atoms with Gasteiger partial charge in [-0.1, -0.05) is 87.4 Å². The average Bonchev–Trinajstić information content (AvgIpc) is 3.62. The second kappa shape index (κ2) is 14.6. The number of unbranched alkanes of at least 4 members (excludes halogenated alkanes) is 1. The van der Waals surface area contributed by atoms with E-state index in [0.29, 0.717) is 25.1 Å². The predicted octanol–water partition coefficient (Wildman–Crippen LogP) is 4.35. The van der Waals surface area contributed by atoms with E-state index in [4.69, 9.17) is 9.47 Å². The van der Waals surface area contributed by atoms with E-state index in [0.717, 1.165) is 17.7 Å². The Morgan fingerprint density at radius 1 is 1.02 bits per heavy atom. The van der Waals surface area contributed by atoms with Crippen LogP contribution in [0.2, 0.25) is 0 Å². The number of ketones is 1. The van der Waals surface area contributed by atoms with E-state index >= 15 is 0 Å². The fourth-order valence-electron chi connectivity index (χ4n) is 4.97. The van der Waals surface area contributed by atoms with E-state index in [1.165, 1.54) is 4.90 Å². The van der Waals surface area contributed by atoms with Gasteiger partial charge in [-0.15, -0.1) is 5.10 Å². The van der Waals surface area contributed by atoms with Crippen molar-refractivity contribution in [3.05, 3.63) is 78.1 Å². The molecule has 3 amide bonds. The maximum absolute atomic E-state index is 13.1. The number of para-hydroxylation sites is 1. The van der Waals surface area contributed by atoms with Crippen LogP contribution < -0.4 is 10.6 Å². The zero-order chi connectivity index (χ0) is 31.7. The number of nitrogens with zero attached hydrogens (tertiary/aromatic N) is 4. The van der Waals surface area contributed by atoms with E-state index in [1.54, 1.807) is 17.8 Å². The predicted molar refractivity (Wildman–Crippen MR) is 162 cm³/mol. The highest BCUT2D eigenvalue weighted by atomic mass is 16.6. The molecule has 1 aliphatic heterocycles. The number of nitrogens with one attached hydrogen (secondary N) is 2. The molecule has 12 heteroatoms. The number of likely N-dealkylation sites (tertiary alicyclic amines) is 1. The Labute approximate surface area is 257 Å². The average molecular weight is 605 g/mol. The van der Waals surface area contributed by atoms with Gasteiger partial charge in [0.15, 0.2) is 0 Å². The van der Waals surface area contributed by atoms with Crippen LogP contribution in [0.3, 0.4) is 0 Å². The quantitative estimate of drug-likeness (QED) is 0.291. The van der Waals surface area contributed by atoms with Crippen molar-refractivity contribution in [3.63, 3.8) is 0 Å². The molecule has 1 aliphatic rings. The lowest BCUT2D eigenvalue weighted by molar-refractivity contribution is -0.139. The van der Waals surface area contributed by atoms with Crippen molar-refractivity contribution < 1.29 is 28.7 Å². The summed E-state index contributed by atoms with van der Waals surface area (Å²) in [4.78, 5) is 53.2. The second-order valence-electron chi connectivity index (χ2n) is 11.6. The van der Waals surface area contributed by atoms with E-state index in [1.807, 2.05) is 81.4 Å². The van der Waals surface area contributed by atoms with Crippen LogP contribution in [-0.2, 0) is 25.7 Å². The third-order valence-electron chi connectivity index (χ3n) is 7.59. The summed E-state index contributed by atoms with van der Waals surface area (Å²) in [6.45, 7) is 7.83. The molecule has 4 rings (SSSR count). The molecule has 1 aromatic heterocycles. The maximum Gasteiger partial charge on any atom is 0.410 e. The van der Waals surface area contributed by atoms with Gasteiger partial charge in [0, 0.05) is 12.0 Å². The third kappa shape index (κ3) is 8.42. The normalized spacial score (nSPS) is 16.9. The molecule has 2 heterocycles. The van der Waals surface area contributed by atoms with Crippen molar-refractivity contribution in [2.45, 2.75) is 71.8 Å². The van der Waals surface area contributed by atoms with Gasteiger partial charge in [-0.3, -0.25) is 9.59 Å². The fourth-order valence-corrected chi connectivity index (χ4v) is 4.97. The third-order valence-corrected chi connectivity index (χ3v) is 7.59. The summed E-state index contributed by atoms with van der Waals surface area (Å²) in [6.07, 6.45) is 1.32. The minimum Gasteiger partial charge on any atom is -0.444 e. The van der Waals surface area contributed by atoms with Crippen LogP contribution in [-0.4, -0.2) is 69.0 Å². The number of ether oxygens (including phenoxy) is 2. The van der Waals surface area contributed by atoms with Crippen LogP contribution in [0.5, 0.6) is 0 Å². The molecule has 3 atom stereocenters. The summed E-state index contributed by atoms with van der Waals surface area (Å²) in [7, 11) is 0. The maximum atomic E-state index is 13.1. The number of hydrogen-bond acceptors (Lipinski definition) is 8. The lowest BCUT2D eigenvalue weighted by Crippen LogP contribution is -2.49. The first-order chi connectivity index (χ1) is 21.1. The highest BCUT2D eigenvalue weighted by Crippen LogP contribution is 2.32. The van der Waals surface area contributed by atoms with Gasteiger partial charge in [-0.2, -0.15) is 0 Å². The van der Waals surface area contributed by atoms with Gasteiger partial charge in [-0.05, 0) is 31.0 Å². The summed E-state index contributed by atoms with van der Waals surface area (Å²) in [5, 5.41) is 13.4. The number of rotatable bonds is 12. The number of alkyl carbamates (subject to hydrolysis) is 1. The Balaban J connectivity index is 1.30. The molecule has 0 unspecified atom stereocenters. The Kier molecular flexibility index (Phi) is 10.7. The Hall–Kier alpha value is -4.74. The van der Waals surface area contributed by atoms with Crippen molar-refractivity contribution in [1.29, 1.82) is 0 Å². The van der Waals surface area contributed by atoms with Crippen molar-refractivity contribution in [2.75, 3.05) is 13.1 Å². The minimum atomic E-state index is -1.04. The van der Waals surface area contributed by atoms with Crippen molar-refractivity contribution >= 4 is 23.9 Å². The van der Waals surface area contributed by atoms with Gasteiger partial charge in [-0.25, -0.2) is 14.3 Å². The molecule has 0 aliphatic carbocycles. The number of Topliss-reactive ketones (excluding diaryl/α,β-unsaturated/α-hetero) is 1. The van der Waals surface area contributed by atoms with Crippen LogP contribution >= 0.6 is 0 Å². The number of amides is 3. The number of carbonyl (C=O) groups is 4. The first-order valence-electron chi connectivity index (χ1n) is 14.8. The number of aromatic nitrogens is 3. The molecule has 0 saturated carbocycles. The molecule has 3 aromatic rings. The van der Waals surface area contributed by atoms with Gasteiger partial charge in [0.2, 0.25) is 5.78 Å². The van der Waals surface area contributed by atoms with Gasteiger partial charge in [0.1, 0.15) is 24.4 Å². The zero-order valence-corrected chi connectivity index (χ0v) is 25.6.